The molecule has 42 heavy (non-hydrogen) atoms. The van der Waals surface area contributed by atoms with Gasteiger partial charge in [-0.25, -0.2) is 0 Å². The number of nitrogens with zero attached hydrogens (tertiary/aromatic N) is 3. The first-order valence-electron chi connectivity index (χ1n) is 13.7. The predicted octanol–water partition coefficient (Wildman–Crippen LogP) is 6.35. The molecule has 2 heterocycles. The topological polar surface area (TPSA) is 91.4 Å². The van der Waals surface area contributed by atoms with E-state index in [1.807, 2.05) is 60.7 Å². The Morgan fingerprint density at radius 1 is 0.762 bits per heavy atom. The first-order valence-corrected chi connectivity index (χ1v) is 14.5. The van der Waals surface area contributed by atoms with Crippen LogP contribution in [-0.2, 0) is 0 Å². The number of fused-ring (bicyclic) bond motifs is 2. The van der Waals surface area contributed by atoms with E-state index in [4.69, 9.17) is 27.9 Å². The highest BCUT2D eigenvalue weighted by Gasteiger charge is 2.11. The maximum Gasteiger partial charge on any atom is 0.251 e. The van der Waals surface area contributed by atoms with Gasteiger partial charge < -0.3 is 20.7 Å². The van der Waals surface area contributed by atoms with Crippen molar-refractivity contribution >= 4 is 62.3 Å². The average Bonchev–Trinajstić information content (AvgIpc) is 3.00. The number of pyridine rings is 2. The summed E-state index contributed by atoms with van der Waals surface area (Å²) >= 11 is 12.3. The molecule has 1 amide bonds. The van der Waals surface area contributed by atoms with E-state index in [1.165, 1.54) is 0 Å². The molecular weight excluding hydrogens is 571 g/mol. The lowest BCUT2D eigenvalue weighted by atomic mass is 10.2. The maximum atomic E-state index is 12.7. The van der Waals surface area contributed by atoms with Gasteiger partial charge in [-0.2, -0.15) is 0 Å². The second-order valence-corrected chi connectivity index (χ2v) is 10.6. The summed E-state index contributed by atoms with van der Waals surface area (Å²) in [6.45, 7) is 4.13. The SMILES string of the molecule is COc1cccc(C(=O)NCCN(CCNc2ccnc3cc(Cl)ccc23)CCNc2ccnc3cc(Cl)ccc23)c1. The number of ether oxygens (including phenoxy) is 1. The largest absolute Gasteiger partial charge is 0.497 e. The Morgan fingerprint density at radius 3 is 1.90 bits per heavy atom. The molecule has 10 heteroatoms. The van der Waals surface area contributed by atoms with Gasteiger partial charge >= 0.3 is 0 Å². The molecule has 8 nitrogen and oxygen atoms in total. The highest BCUT2D eigenvalue weighted by molar-refractivity contribution is 6.31. The quantitative estimate of drug-likeness (QED) is 0.144. The van der Waals surface area contributed by atoms with Crippen LogP contribution in [0.5, 0.6) is 5.75 Å². The van der Waals surface area contributed by atoms with Crippen molar-refractivity contribution in [1.82, 2.24) is 20.2 Å². The first kappa shape index (κ1) is 29.4. The third-order valence-electron chi connectivity index (χ3n) is 6.94. The lowest BCUT2D eigenvalue weighted by Gasteiger charge is -2.24. The molecular formula is C32H32Cl2N6O2. The number of aromatic nitrogens is 2. The molecule has 216 valence electrons. The van der Waals surface area contributed by atoms with E-state index in [-0.39, 0.29) is 5.91 Å². The highest BCUT2D eigenvalue weighted by atomic mass is 35.5. The molecule has 2 aromatic heterocycles. The zero-order chi connectivity index (χ0) is 29.3. The van der Waals surface area contributed by atoms with E-state index >= 15 is 0 Å². The van der Waals surface area contributed by atoms with Gasteiger partial charge in [-0.05, 0) is 66.7 Å². The normalized spacial score (nSPS) is 11.1. The minimum atomic E-state index is -0.131. The van der Waals surface area contributed by atoms with Crippen LogP contribution >= 0.6 is 23.2 Å². The number of halogens is 2. The molecule has 0 aliphatic heterocycles. The Labute approximate surface area is 255 Å². The summed E-state index contributed by atoms with van der Waals surface area (Å²) in [6, 6.07) is 22.5. The van der Waals surface area contributed by atoms with E-state index in [0.717, 1.165) is 46.3 Å². The number of methoxy groups -OCH3 is 1. The van der Waals surface area contributed by atoms with Crippen molar-refractivity contribution in [2.45, 2.75) is 0 Å². The van der Waals surface area contributed by atoms with Crippen LogP contribution in [-0.4, -0.2) is 67.2 Å². The van der Waals surface area contributed by atoms with Gasteiger partial charge in [0, 0.05) is 89.4 Å². The molecule has 3 N–H and O–H groups in total. The van der Waals surface area contributed by atoms with Crippen molar-refractivity contribution in [3.63, 3.8) is 0 Å². The molecule has 0 bridgehead atoms. The summed E-state index contributed by atoms with van der Waals surface area (Å²) in [6.07, 6.45) is 3.56. The van der Waals surface area contributed by atoms with Crippen LogP contribution in [0.2, 0.25) is 10.0 Å². The van der Waals surface area contributed by atoms with E-state index in [0.29, 0.717) is 47.5 Å². The second kappa shape index (κ2) is 14.2. The average molecular weight is 604 g/mol. The fraction of sp³-hybridized carbons (Fsp3) is 0.219. The summed E-state index contributed by atoms with van der Waals surface area (Å²) in [4.78, 5) is 23.9. The molecule has 0 unspecified atom stereocenters. The number of nitrogens with one attached hydrogen (secondary N) is 3. The van der Waals surface area contributed by atoms with E-state index in [9.17, 15) is 4.79 Å². The number of benzene rings is 3. The van der Waals surface area contributed by atoms with Gasteiger partial charge in [0.05, 0.1) is 18.1 Å². The third-order valence-corrected chi connectivity index (χ3v) is 7.41. The van der Waals surface area contributed by atoms with Crippen LogP contribution in [0.15, 0.2) is 85.2 Å². The molecule has 0 fully saturated rings. The first-order chi connectivity index (χ1) is 20.5. The zero-order valence-corrected chi connectivity index (χ0v) is 24.8. The zero-order valence-electron chi connectivity index (χ0n) is 23.2. The van der Waals surface area contributed by atoms with Gasteiger partial charge in [0.2, 0.25) is 0 Å². The van der Waals surface area contributed by atoms with Crippen molar-refractivity contribution in [2.75, 3.05) is 57.0 Å². The Hall–Kier alpha value is -4.11. The smallest absolute Gasteiger partial charge is 0.251 e. The molecule has 5 aromatic rings. The van der Waals surface area contributed by atoms with Crippen LogP contribution < -0.4 is 20.7 Å². The Morgan fingerprint density at radius 2 is 1.33 bits per heavy atom. The van der Waals surface area contributed by atoms with Crippen LogP contribution in [0.25, 0.3) is 21.8 Å². The van der Waals surface area contributed by atoms with Crippen LogP contribution in [0, 0.1) is 0 Å². The second-order valence-electron chi connectivity index (χ2n) is 9.72. The predicted molar refractivity (Wildman–Crippen MR) is 172 cm³/mol. The number of hydrogen-bond acceptors (Lipinski definition) is 7. The monoisotopic (exact) mass is 602 g/mol. The molecule has 0 aliphatic carbocycles. The summed E-state index contributed by atoms with van der Waals surface area (Å²) < 4.78 is 5.25. The third kappa shape index (κ3) is 7.59. The number of hydrogen-bond donors (Lipinski definition) is 3. The summed E-state index contributed by atoms with van der Waals surface area (Å²) in [5.41, 5.74) is 4.27. The summed E-state index contributed by atoms with van der Waals surface area (Å²) in [5.74, 6) is 0.521. The van der Waals surface area contributed by atoms with Gasteiger partial charge in [0.25, 0.3) is 5.91 Å². The molecule has 0 radical (unpaired) electrons. The summed E-state index contributed by atoms with van der Waals surface area (Å²) in [5, 5.41) is 13.5. The fourth-order valence-corrected chi connectivity index (χ4v) is 5.11. The molecule has 3 aromatic carbocycles. The van der Waals surface area contributed by atoms with Crippen molar-refractivity contribution in [2.24, 2.45) is 0 Å². The van der Waals surface area contributed by atoms with E-state index < -0.39 is 0 Å². The number of carbonyl (C=O) groups excluding carboxylic acids is 1. The van der Waals surface area contributed by atoms with Crippen LogP contribution in [0.1, 0.15) is 10.4 Å². The van der Waals surface area contributed by atoms with Crippen LogP contribution in [0.4, 0.5) is 11.4 Å². The standard InChI is InChI=1S/C32H32Cl2N6O2/c1-42-25-4-2-3-22(19-25)32(41)39-15-18-40(16-13-37-28-9-11-35-30-20-23(33)5-7-26(28)30)17-14-38-29-10-12-36-31-21-24(34)6-8-27(29)31/h2-12,19-21H,13-18H2,1H3,(H,35,37)(H,36,38)(H,39,41). The minimum absolute atomic E-state index is 0.131. The maximum absolute atomic E-state index is 12.7. The Kier molecular flexibility index (Phi) is 9.92. The number of rotatable bonds is 13. The minimum Gasteiger partial charge on any atom is -0.497 e. The molecule has 0 saturated carbocycles. The number of anilines is 2. The van der Waals surface area contributed by atoms with Crippen molar-refractivity contribution < 1.29 is 9.53 Å². The molecule has 0 spiro atoms. The molecule has 0 aliphatic rings. The van der Waals surface area contributed by atoms with Crippen LogP contribution in [0.3, 0.4) is 0 Å². The van der Waals surface area contributed by atoms with Crippen molar-refractivity contribution in [3.05, 3.63) is 101 Å². The highest BCUT2D eigenvalue weighted by Crippen LogP contribution is 2.25. The van der Waals surface area contributed by atoms with Crippen molar-refractivity contribution in [3.8, 4) is 5.75 Å². The molecule has 0 atom stereocenters. The van der Waals surface area contributed by atoms with Gasteiger partial charge in [-0.3, -0.25) is 19.7 Å². The van der Waals surface area contributed by atoms with Gasteiger partial charge in [-0.15, -0.1) is 0 Å². The van der Waals surface area contributed by atoms with Gasteiger partial charge in [0.1, 0.15) is 5.75 Å². The van der Waals surface area contributed by atoms with Gasteiger partial charge in [-0.1, -0.05) is 29.3 Å². The van der Waals surface area contributed by atoms with E-state index in [2.05, 4.69) is 30.8 Å². The Bertz CT molecular complexity index is 1590. The van der Waals surface area contributed by atoms with Gasteiger partial charge in [0.15, 0.2) is 0 Å². The lowest BCUT2D eigenvalue weighted by molar-refractivity contribution is 0.0948. The lowest BCUT2D eigenvalue weighted by Crippen LogP contribution is -2.39. The number of amides is 1. The van der Waals surface area contributed by atoms with Crippen molar-refractivity contribution in [1.29, 1.82) is 0 Å². The Balaban J connectivity index is 1.21. The fourth-order valence-electron chi connectivity index (χ4n) is 4.78. The molecule has 5 rings (SSSR count). The van der Waals surface area contributed by atoms with E-state index in [1.54, 1.807) is 31.6 Å². The summed E-state index contributed by atoms with van der Waals surface area (Å²) in [7, 11) is 1.59. The molecule has 0 saturated heterocycles. The number of carbonyl (C=O) groups is 1.